The van der Waals surface area contributed by atoms with E-state index in [4.69, 9.17) is 37.4 Å². The average Bonchev–Trinajstić information content (AvgIpc) is 2.95. The van der Waals surface area contributed by atoms with Gasteiger partial charge in [-0.3, -0.25) is 15.0 Å². The van der Waals surface area contributed by atoms with Crippen molar-refractivity contribution in [3.63, 3.8) is 0 Å². The summed E-state index contributed by atoms with van der Waals surface area (Å²) in [6, 6.07) is 11.5. The highest BCUT2D eigenvalue weighted by Gasteiger charge is 2.26. The van der Waals surface area contributed by atoms with Gasteiger partial charge in [0.1, 0.15) is 57.0 Å². The van der Waals surface area contributed by atoms with Gasteiger partial charge in [-0.05, 0) is 31.3 Å². The highest BCUT2D eigenvalue weighted by molar-refractivity contribution is 6.41. The Balaban J connectivity index is 1.43. The van der Waals surface area contributed by atoms with Crippen LogP contribution in [0.3, 0.4) is 0 Å². The molecular weight excluding hydrogens is 573 g/mol. The Hall–Kier alpha value is -4.39. The van der Waals surface area contributed by atoms with Crippen LogP contribution in [0.25, 0.3) is 11.3 Å². The zero-order chi connectivity index (χ0) is 29.1. The number of nitrogens with one attached hydrogen (secondary N) is 2. The quantitative estimate of drug-likeness (QED) is 0.165. The van der Waals surface area contributed by atoms with E-state index in [2.05, 4.69) is 30.5 Å². The standard InChI is InChI=1S/C27H25Cl2N7O5/c1-35-12-16(13-35)41-15-6-7-18(20(9-15)36(37)38)33-23-10-19(31-14-32-23)17-5-4-8-30-27(17)34-26-24(28)21(39-2)11-22(40-3)25(26)29/h4-11,14,16H,12-13H2,1-3H3,(H,30,34)(H,31,32,33). The second kappa shape index (κ2) is 12.0. The molecule has 41 heavy (non-hydrogen) atoms. The van der Waals surface area contributed by atoms with E-state index in [9.17, 15) is 10.1 Å². The van der Waals surface area contributed by atoms with Gasteiger partial charge in [0, 0.05) is 37.0 Å². The summed E-state index contributed by atoms with van der Waals surface area (Å²) in [7, 11) is 4.95. The normalized spacial score (nSPS) is 13.3. The lowest BCUT2D eigenvalue weighted by Gasteiger charge is -2.35. The molecule has 0 aliphatic carbocycles. The van der Waals surface area contributed by atoms with Crippen molar-refractivity contribution in [1.29, 1.82) is 0 Å². The fourth-order valence-corrected chi connectivity index (χ4v) is 4.88. The van der Waals surface area contributed by atoms with E-state index in [0.29, 0.717) is 45.8 Å². The number of pyridine rings is 1. The number of ether oxygens (including phenoxy) is 3. The number of benzene rings is 2. The van der Waals surface area contributed by atoms with Crippen molar-refractivity contribution in [2.45, 2.75) is 6.10 Å². The minimum Gasteiger partial charge on any atom is -0.495 e. The number of rotatable bonds is 10. The van der Waals surface area contributed by atoms with Crippen molar-refractivity contribution in [1.82, 2.24) is 19.9 Å². The van der Waals surface area contributed by atoms with Gasteiger partial charge in [0.25, 0.3) is 5.69 Å². The molecule has 3 heterocycles. The number of likely N-dealkylation sites (tertiary alicyclic amines) is 1. The summed E-state index contributed by atoms with van der Waals surface area (Å²) < 4.78 is 16.6. The van der Waals surface area contributed by atoms with Gasteiger partial charge in [0.2, 0.25) is 0 Å². The molecule has 14 heteroatoms. The predicted octanol–water partition coefficient (Wildman–Crippen LogP) is 5.95. The number of nitro groups is 1. The van der Waals surface area contributed by atoms with Crippen LogP contribution < -0.4 is 24.8 Å². The summed E-state index contributed by atoms with van der Waals surface area (Å²) >= 11 is 13.1. The molecule has 0 amide bonds. The number of likely N-dealkylation sites (N-methyl/N-ethyl adjacent to an activating group) is 1. The number of aromatic nitrogens is 3. The van der Waals surface area contributed by atoms with Crippen molar-refractivity contribution in [2.75, 3.05) is 45.0 Å². The van der Waals surface area contributed by atoms with Crippen LogP contribution in [-0.2, 0) is 0 Å². The van der Waals surface area contributed by atoms with Gasteiger partial charge in [-0.15, -0.1) is 0 Å². The lowest BCUT2D eigenvalue weighted by molar-refractivity contribution is -0.384. The first-order valence-electron chi connectivity index (χ1n) is 12.3. The van der Waals surface area contributed by atoms with Gasteiger partial charge in [0.15, 0.2) is 0 Å². The number of hydrogen-bond donors (Lipinski definition) is 2. The third-order valence-electron chi connectivity index (χ3n) is 6.33. The largest absolute Gasteiger partial charge is 0.495 e. The molecule has 1 aliphatic rings. The number of methoxy groups -OCH3 is 2. The summed E-state index contributed by atoms with van der Waals surface area (Å²) in [5.74, 6) is 1.88. The number of hydrogen-bond acceptors (Lipinski definition) is 11. The van der Waals surface area contributed by atoms with E-state index >= 15 is 0 Å². The third kappa shape index (κ3) is 6.04. The van der Waals surface area contributed by atoms with Crippen LogP contribution in [0.4, 0.5) is 28.7 Å². The lowest BCUT2D eigenvalue weighted by Crippen LogP contribution is -2.51. The Morgan fingerprint density at radius 1 is 1.00 bits per heavy atom. The molecule has 0 spiro atoms. The van der Waals surface area contributed by atoms with E-state index in [1.165, 1.54) is 26.6 Å². The molecule has 2 aromatic carbocycles. The molecule has 2 aromatic heterocycles. The summed E-state index contributed by atoms with van der Waals surface area (Å²) in [6.07, 6.45) is 2.95. The molecule has 0 unspecified atom stereocenters. The van der Waals surface area contributed by atoms with Crippen LogP contribution in [0.15, 0.2) is 55.0 Å². The number of nitro benzene ring substituents is 1. The zero-order valence-electron chi connectivity index (χ0n) is 22.2. The van der Waals surface area contributed by atoms with Gasteiger partial charge in [0.05, 0.1) is 36.6 Å². The Morgan fingerprint density at radius 2 is 1.73 bits per heavy atom. The maximum atomic E-state index is 11.9. The smallest absolute Gasteiger partial charge is 0.296 e. The highest BCUT2D eigenvalue weighted by Crippen LogP contribution is 2.46. The van der Waals surface area contributed by atoms with E-state index in [1.807, 2.05) is 7.05 Å². The van der Waals surface area contributed by atoms with Crippen molar-refractivity contribution in [3.05, 3.63) is 75.1 Å². The Labute approximate surface area is 245 Å². The van der Waals surface area contributed by atoms with Gasteiger partial charge in [-0.2, -0.15) is 0 Å². The summed E-state index contributed by atoms with van der Waals surface area (Å²) in [5.41, 5.74) is 1.52. The molecule has 1 aliphatic heterocycles. The van der Waals surface area contributed by atoms with Crippen LogP contribution in [0.1, 0.15) is 0 Å². The molecule has 0 bridgehead atoms. The molecule has 1 fully saturated rings. The molecule has 212 valence electrons. The number of anilines is 4. The molecule has 12 nitrogen and oxygen atoms in total. The Morgan fingerprint density at radius 3 is 2.39 bits per heavy atom. The molecule has 5 rings (SSSR count). The average molecular weight is 598 g/mol. The van der Waals surface area contributed by atoms with Gasteiger partial charge >= 0.3 is 0 Å². The molecule has 1 saturated heterocycles. The topological polar surface area (TPSA) is 137 Å². The zero-order valence-corrected chi connectivity index (χ0v) is 23.7. The Bertz CT molecular complexity index is 1570. The Kier molecular flexibility index (Phi) is 8.24. The number of halogens is 2. The molecule has 0 saturated carbocycles. The van der Waals surface area contributed by atoms with Gasteiger partial charge < -0.3 is 24.8 Å². The summed E-state index contributed by atoms with van der Waals surface area (Å²) in [6.45, 7) is 1.54. The second-order valence-corrected chi connectivity index (χ2v) is 9.88. The van der Waals surface area contributed by atoms with Crippen LogP contribution in [0.5, 0.6) is 17.2 Å². The van der Waals surface area contributed by atoms with Crippen molar-refractivity contribution < 1.29 is 19.1 Å². The van der Waals surface area contributed by atoms with Crippen LogP contribution in [0.2, 0.25) is 10.0 Å². The molecular formula is C27H25Cl2N7O5. The second-order valence-electron chi connectivity index (χ2n) is 9.12. The predicted molar refractivity (Wildman–Crippen MR) is 156 cm³/mol. The van der Waals surface area contributed by atoms with Gasteiger partial charge in [-0.25, -0.2) is 15.0 Å². The van der Waals surface area contributed by atoms with Crippen LogP contribution in [0, 0.1) is 10.1 Å². The minimum atomic E-state index is -0.469. The van der Waals surface area contributed by atoms with E-state index in [1.54, 1.807) is 42.6 Å². The lowest BCUT2D eigenvalue weighted by atomic mass is 10.1. The van der Waals surface area contributed by atoms with Crippen molar-refractivity contribution in [3.8, 4) is 28.5 Å². The van der Waals surface area contributed by atoms with E-state index in [0.717, 1.165) is 13.1 Å². The SMILES string of the molecule is COc1cc(OC)c(Cl)c(Nc2ncccc2-c2cc(Nc3ccc(OC4CN(C)C4)cc3[N+](=O)[O-])ncn2)c1Cl. The highest BCUT2D eigenvalue weighted by atomic mass is 35.5. The third-order valence-corrected chi connectivity index (χ3v) is 7.08. The van der Waals surface area contributed by atoms with Crippen LogP contribution >= 0.6 is 23.2 Å². The number of nitrogens with zero attached hydrogens (tertiary/aromatic N) is 5. The van der Waals surface area contributed by atoms with E-state index < -0.39 is 4.92 Å². The first-order valence-corrected chi connectivity index (χ1v) is 13.1. The van der Waals surface area contributed by atoms with Gasteiger partial charge in [-0.1, -0.05) is 23.2 Å². The van der Waals surface area contributed by atoms with E-state index in [-0.39, 0.29) is 27.5 Å². The maximum Gasteiger partial charge on any atom is 0.296 e. The van der Waals surface area contributed by atoms with Crippen LogP contribution in [-0.4, -0.2) is 65.2 Å². The van der Waals surface area contributed by atoms with Crippen molar-refractivity contribution in [2.24, 2.45) is 0 Å². The summed E-state index contributed by atoms with van der Waals surface area (Å²) in [4.78, 5) is 26.6. The first-order chi connectivity index (χ1) is 19.8. The monoisotopic (exact) mass is 597 g/mol. The maximum absolute atomic E-state index is 11.9. The fraction of sp³-hybridized carbons (Fsp3) is 0.222. The molecule has 2 N–H and O–H groups in total. The molecule has 4 aromatic rings. The first kappa shape index (κ1) is 28.1. The molecule has 0 atom stereocenters. The molecule has 0 radical (unpaired) electrons. The summed E-state index contributed by atoms with van der Waals surface area (Å²) in [5, 5.41) is 18.5. The minimum absolute atomic E-state index is 0.00736. The fourth-order valence-electron chi connectivity index (χ4n) is 4.29. The van der Waals surface area contributed by atoms with Crippen molar-refractivity contribution >= 4 is 51.9 Å².